The second-order valence-electron chi connectivity index (χ2n) is 7.90. The Bertz CT molecular complexity index is 1310. The molecule has 1 aliphatic rings. The number of nitriles is 1. The summed E-state index contributed by atoms with van der Waals surface area (Å²) in [4.78, 5) is 31.0. The standard InChI is InChI=1S/C23H22FN5O3/c1-13-9-17(14(2)26-19-6-4-3-5-16(19)23(31)32)20-27-21(28-8-7-15(28)10-24)18(11-25)22(30)29(20)12-13/h3-6,9,12,14-15,26H,7-8,10H2,1-2H3,(H,31,32)/t14?,15-/m0/s1. The maximum atomic E-state index is 13.3. The lowest BCUT2D eigenvalue weighted by Gasteiger charge is -2.40. The molecule has 3 aromatic rings. The molecule has 2 aromatic heterocycles. The molecule has 1 aliphatic heterocycles. The number of nitrogens with one attached hydrogen (secondary N) is 1. The molecule has 4 rings (SSSR count). The average Bonchev–Trinajstić information content (AvgIpc) is 2.74. The van der Waals surface area contributed by atoms with Gasteiger partial charge in [-0.05, 0) is 44.0 Å². The Morgan fingerprint density at radius 3 is 2.81 bits per heavy atom. The summed E-state index contributed by atoms with van der Waals surface area (Å²) < 4.78 is 14.7. The molecule has 1 aromatic carbocycles. The maximum absolute atomic E-state index is 13.3. The number of pyridine rings is 1. The number of carboxylic acids is 1. The van der Waals surface area contributed by atoms with Crippen molar-refractivity contribution in [2.45, 2.75) is 32.4 Å². The van der Waals surface area contributed by atoms with E-state index in [-0.39, 0.29) is 16.9 Å². The summed E-state index contributed by atoms with van der Waals surface area (Å²) in [6.07, 6.45) is 2.24. The van der Waals surface area contributed by atoms with Gasteiger partial charge in [0.25, 0.3) is 5.56 Å². The number of hydrogen-bond donors (Lipinski definition) is 2. The van der Waals surface area contributed by atoms with Crippen LogP contribution in [0.15, 0.2) is 41.3 Å². The van der Waals surface area contributed by atoms with Gasteiger partial charge < -0.3 is 15.3 Å². The molecule has 2 N–H and O–H groups in total. The van der Waals surface area contributed by atoms with Crippen LogP contribution >= 0.6 is 0 Å². The second-order valence-corrected chi connectivity index (χ2v) is 7.90. The van der Waals surface area contributed by atoms with Crippen molar-refractivity contribution in [2.24, 2.45) is 0 Å². The summed E-state index contributed by atoms with van der Waals surface area (Å²) in [6, 6.07) is 9.54. The molecule has 3 heterocycles. The minimum Gasteiger partial charge on any atom is -0.478 e. The fraction of sp³-hybridized carbons (Fsp3) is 0.304. The Morgan fingerprint density at radius 1 is 1.44 bits per heavy atom. The van der Waals surface area contributed by atoms with Gasteiger partial charge in [-0.2, -0.15) is 5.26 Å². The van der Waals surface area contributed by atoms with Crippen LogP contribution in [-0.4, -0.2) is 39.7 Å². The van der Waals surface area contributed by atoms with Crippen molar-refractivity contribution >= 4 is 23.1 Å². The van der Waals surface area contributed by atoms with E-state index in [1.165, 1.54) is 10.5 Å². The number of anilines is 2. The van der Waals surface area contributed by atoms with E-state index in [1.807, 2.05) is 26.0 Å². The monoisotopic (exact) mass is 435 g/mol. The van der Waals surface area contributed by atoms with Gasteiger partial charge in [0, 0.05) is 24.0 Å². The summed E-state index contributed by atoms with van der Waals surface area (Å²) >= 11 is 0. The largest absolute Gasteiger partial charge is 0.478 e. The number of hydrogen-bond acceptors (Lipinski definition) is 6. The lowest BCUT2D eigenvalue weighted by molar-refractivity contribution is 0.0698. The number of para-hydroxylation sites is 1. The third kappa shape index (κ3) is 3.54. The number of aromatic carboxylic acids is 1. The summed E-state index contributed by atoms with van der Waals surface area (Å²) in [5.41, 5.74) is 1.70. The number of fused-ring (bicyclic) bond motifs is 1. The molecule has 0 spiro atoms. The highest BCUT2D eigenvalue weighted by molar-refractivity contribution is 5.94. The van der Waals surface area contributed by atoms with Crippen LogP contribution in [0, 0.1) is 18.3 Å². The number of carbonyl (C=O) groups is 1. The topological polar surface area (TPSA) is 111 Å². The van der Waals surface area contributed by atoms with E-state index in [0.29, 0.717) is 29.9 Å². The van der Waals surface area contributed by atoms with Gasteiger partial charge in [0.1, 0.15) is 18.4 Å². The lowest BCUT2D eigenvalue weighted by Crippen LogP contribution is -2.50. The molecule has 2 atom stereocenters. The van der Waals surface area contributed by atoms with Gasteiger partial charge in [0.05, 0.1) is 17.6 Å². The molecule has 1 fully saturated rings. The normalized spacial score (nSPS) is 16.3. The number of rotatable bonds is 6. The molecule has 0 aliphatic carbocycles. The Morgan fingerprint density at radius 2 is 2.19 bits per heavy atom. The number of halogens is 1. The number of aromatic nitrogens is 2. The van der Waals surface area contributed by atoms with Crippen molar-refractivity contribution in [3.63, 3.8) is 0 Å². The van der Waals surface area contributed by atoms with Gasteiger partial charge in [-0.25, -0.2) is 14.2 Å². The van der Waals surface area contributed by atoms with Gasteiger partial charge in [-0.15, -0.1) is 0 Å². The Balaban J connectivity index is 1.87. The van der Waals surface area contributed by atoms with Crippen molar-refractivity contribution in [3.05, 3.63) is 69.1 Å². The van der Waals surface area contributed by atoms with E-state index in [1.54, 1.807) is 29.3 Å². The molecule has 0 radical (unpaired) electrons. The molecule has 32 heavy (non-hydrogen) atoms. The first-order valence-electron chi connectivity index (χ1n) is 10.2. The smallest absolute Gasteiger partial charge is 0.337 e. The average molecular weight is 435 g/mol. The maximum Gasteiger partial charge on any atom is 0.337 e. The van der Waals surface area contributed by atoms with Crippen LogP contribution in [0.3, 0.4) is 0 Å². The molecule has 164 valence electrons. The van der Waals surface area contributed by atoms with Crippen LogP contribution in [0.25, 0.3) is 5.65 Å². The molecule has 9 heteroatoms. The highest BCUT2D eigenvalue weighted by atomic mass is 19.1. The van der Waals surface area contributed by atoms with Crippen LogP contribution in [0.1, 0.15) is 46.4 Å². The van der Waals surface area contributed by atoms with E-state index >= 15 is 0 Å². The summed E-state index contributed by atoms with van der Waals surface area (Å²) in [5, 5.41) is 22.3. The lowest BCUT2D eigenvalue weighted by atomic mass is 10.0. The first kappa shape index (κ1) is 21.3. The highest BCUT2D eigenvalue weighted by Gasteiger charge is 2.32. The third-order valence-electron chi connectivity index (χ3n) is 5.77. The van der Waals surface area contributed by atoms with Crippen molar-refractivity contribution in [3.8, 4) is 6.07 Å². The Labute approximate surface area is 183 Å². The molecular weight excluding hydrogens is 413 g/mol. The zero-order valence-electron chi connectivity index (χ0n) is 17.7. The van der Waals surface area contributed by atoms with Gasteiger partial charge in [-0.1, -0.05) is 12.1 Å². The molecule has 1 unspecified atom stereocenters. The van der Waals surface area contributed by atoms with Gasteiger partial charge in [-0.3, -0.25) is 9.20 Å². The van der Waals surface area contributed by atoms with Crippen molar-refractivity contribution in [2.75, 3.05) is 23.4 Å². The molecule has 0 saturated carbocycles. The van der Waals surface area contributed by atoms with E-state index < -0.39 is 30.3 Å². The zero-order chi connectivity index (χ0) is 23.0. The van der Waals surface area contributed by atoms with Gasteiger partial charge in [0.15, 0.2) is 11.4 Å². The SMILES string of the molecule is Cc1cc(C(C)Nc2ccccc2C(=O)O)c2nc(N3CC[C@H]3CF)c(C#N)c(=O)n2c1. The summed E-state index contributed by atoms with van der Waals surface area (Å²) in [5.74, 6) is -0.866. The van der Waals surface area contributed by atoms with E-state index in [9.17, 15) is 24.3 Å². The molecule has 0 bridgehead atoms. The van der Waals surface area contributed by atoms with Crippen LogP contribution in [0.4, 0.5) is 15.9 Å². The fourth-order valence-corrected chi connectivity index (χ4v) is 4.01. The fourth-order valence-electron chi connectivity index (χ4n) is 4.01. The number of benzene rings is 1. The molecular formula is C23H22FN5O3. The van der Waals surface area contributed by atoms with E-state index in [0.717, 1.165) is 5.56 Å². The molecule has 8 nitrogen and oxygen atoms in total. The first-order chi connectivity index (χ1) is 15.3. The Kier molecular flexibility index (Phi) is 5.53. The first-order valence-corrected chi connectivity index (χ1v) is 10.2. The predicted octanol–water partition coefficient (Wildman–Crippen LogP) is 3.29. The number of carboxylic acid groups (broad SMARTS) is 1. The quantitative estimate of drug-likeness (QED) is 0.611. The van der Waals surface area contributed by atoms with Crippen LogP contribution in [0.2, 0.25) is 0 Å². The summed E-state index contributed by atoms with van der Waals surface area (Å²) in [7, 11) is 0. The van der Waals surface area contributed by atoms with Crippen molar-refractivity contribution < 1.29 is 14.3 Å². The predicted molar refractivity (Wildman–Crippen MR) is 118 cm³/mol. The van der Waals surface area contributed by atoms with Crippen LogP contribution in [0.5, 0.6) is 0 Å². The third-order valence-corrected chi connectivity index (χ3v) is 5.77. The van der Waals surface area contributed by atoms with Gasteiger partial charge >= 0.3 is 5.97 Å². The minimum absolute atomic E-state index is 0.117. The van der Waals surface area contributed by atoms with Crippen molar-refractivity contribution in [1.82, 2.24) is 9.38 Å². The number of nitrogens with zero attached hydrogens (tertiary/aromatic N) is 4. The highest BCUT2D eigenvalue weighted by Crippen LogP contribution is 2.30. The van der Waals surface area contributed by atoms with E-state index in [2.05, 4.69) is 10.3 Å². The van der Waals surface area contributed by atoms with Gasteiger partial charge in [0.2, 0.25) is 0 Å². The number of aryl methyl sites for hydroxylation is 1. The van der Waals surface area contributed by atoms with Crippen LogP contribution < -0.4 is 15.8 Å². The van der Waals surface area contributed by atoms with E-state index in [4.69, 9.17) is 0 Å². The van der Waals surface area contributed by atoms with Crippen molar-refractivity contribution in [1.29, 1.82) is 5.26 Å². The minimum atomic E-state index is -1.06. The Hall–Kier alpha value is -3.93. The number of alkyl halides is 1. The summed E-state index contributed by atoms with van der Waals surface area (Å²) in [6.45, 7) is 3.59. The van der Waals surface area contributed by atoms with Crippen LogP contribution in [-0.2, 0) is 0 Å². The zero-order valence-corrected chi connectivity index (χ0v) is 17.7. The molecule has 1 saturated heterocycles. The molecule has 0 amide bonds. The second kappa shape index (κ2) is 8.30.